The van der Waals surface area contributed by atoms with Gasteiger partial charge in [-0.15, -0.1) is 0 Å². The van der Waals surface area contributed by atoms with Crippen LogP contribution in [0.3, 0.4) is 0 Å². The summed E-state index contributed by atoms with van der Waals surface area (Å²) in [5, 5.41) is 3.09. The fourth-order valence-electron chi connectivity index (χ4n) is 4.69. The summed E-state index contributed by atoms with van der Waals surface area (Å²) in [6.45, 7) is 3.03. The summed E-state index contributed by atoms with van der Waals surface area (Å²) in [7, 11) is 6.92. The van der Waals surface area contributed by atoms with Crippen molar-refractivity contribution >= 4 is 34.9 Å². The largest absolute Gasteiger partial charge is 0.345 e. The van der Waals surface area contributed by atoms with Gasteiger partial charge in [0.1, 0.15) is 5.82 Å². The molecule has 0 aliphatic carbocycles. The van der Waals surface area contributed by atoms with Crippen LogP contribution in [0.15, 0.2) is 66.0 Å². The van der Waals surface area contributed by atoms with E-state index in [9.17, 15) is 14.4 Å². The number of anilines is 4. The number of urea groups is 1. The van der Waals surface area contributed by atoms with Gasteiger partial charge in [-0.25, -0.2) is 14.8 Å². The summed E-state index contributed by atoms with van der Waals surface area (Å²) in [6.07, 6.45) is 5.04. The maximum atomic E-state index is 13.3. The van der Waals surface area contributed by atoms with Crippen LogP contribution in [0, 0.1) is 6.92 Å². The Kier molecular flexibility index (Phi) is 6.65. The number of nitrogens with zero attached hydrogens (tertiary/aromatic N) is 7. The number of carbonyl (C=O) groups is 2. The van der Waals surface area contributed by atoms with Gasteiger partial charge >= 0.3 is 6.03 Å². The van der Waals surface area contributed by atoms with Crippen molar-refractivity contribution in [2.45, 2.75) is 6.92 Å². The number of nitrogens with one attached hydrogen (secondary N) is 1. The van der Waals surface area contributed by atoms with Gasteiger partial charge in [-0.2, -0.15) is 0 Å². The maximum absolute atomic E-state index is 13.3. The lowest BCUT2D eigenvalue weighted by Gasteiger charge is -2.21. The first-order chi connectivity index (χ1) is 18.7. The molecular weight excluding hydrogens is 496 g/mol. The Hall–Kier alpha value is -4.93. The van der Waals surface area contributed by atoms with Crippen LogP contribution in [0.2, 0.25) is 0 Å². The molecule has 1 aliphatic heterocycles. The molecule has 0 atom stereocenters. The van der Waals surface area contributed by atoms with Gasteiger partial charge < -0.3 is 19.4 Å². The van der Waals surface area contributed by atoms with Crippen LogP contribution >= 0.6 is 0 Å². The number of benzene rings is 2. The van der Waals surface area contributed by atoms with Crippen LogP contribution < -0.4 is 20.7 Å². The molecule has 2 aromatic carbocycles. The van der Waals surface area contributed by atoms with Gasteiger partial charge in [-0.05, 0) is 42.8 Å². The summed E-state index contributed by atoms with van der Waals surface area (Å²) < 4.78 is 3.30. The van der Waals surface area contributed by atoms with Gasteiger partial charge in [0, 0.05) is 70.0 Å². The van der Waals surface area contributed by atoms with E-state index in [0.29, 0.717) is 30.0 Å². The van der Waals surface area contributed by atoms with E-state index in [0.717, 1.165) is 22.6 Å². The molecule has 11 nitrogen and oxygen atoms in total. The topological polar surface area (TPSA) is 109 Å². The third-order valence-corrected chi connectivity index (χ3v) is 6.82. The summed E-state index contributed by atoms with van der Waals surface area (Å²) in [5.74, 6) is 0.796. The summed E-state index contributed by atoms with van der Waals surface area (Å²) in [5.41, 5.74) is 3.96. The van der Waals surface area contributed by atoms with E-state index in [1.54, 1.807) is 73.9 Å². The first kappa shape index (κ1) is 25.7. The van der Waals surface area contributed by atoms with Gasteiger partial charge in [-0.3, -0.25) is 19.4 Å². The van der Waals surface area contributed by atoms with Crippen molar-refractivity contribution in [2.75, 3.05) is 42.3 Å². The molecule has 4 aromatic rings. The van der Waals surface area contributed by atoms with Crippen molar-refractivity contribution in [1.82, 2.24) is 24.0 Å². The van der Waals surface area contributed by atoms with E-state index in [1.165, 1.54) is 9.47 Å². The summed E-state index contributed by atoms with van der Waals surface area (Å²) in [4.78, 5) is 52.2. The fourth-order valence-corrected chi connectivity index (χ4v) is 4.69. The Labute approximate surface area is 225 Å². The molecule has 0 saturated carbocycles. The molecule has 0 spiro atoms. The standard InChI is InChI=1S/C28H30N8O3/c1-18-21(7-6-8-23(18)35-13-14-36(28(35)39)24-15-29-17-34(24)5)22-16-33(4)27(38)25(31-22)30-20-11-9-19(10-12-20)26(37)32(2)3/h6-12,15-17H,13-14H2,1-5H3,(H,30,31). The molecule has 0 unspecified atom stereocenters. The summed E-state index contributed by atoms with van der Waals surface area (Å²) in [6, 6.07) is 12.5. The van der Waals surface area contributed by atoms with Crippen molar-refractivity contribution in [2.24, 2.45) is 14.1 Å². The average molecular weight is 527 g/mol. The Morgan fingerprint density at radius 3 is 2.36 bits per heavy atom. The summed E-state index contributed by atoms with van der Waals surface area (Å²) >= 11 is 0. The predicted molar refractivity (Wildman–Crippen MR) is 151 cm³/mol. The van der Waals surface area contributed by atoms with E-state index in [-0.39, 0.29) is 23.3 Å². The highest BCUT2D eigenvalue weighted by Gasteiger charge is 2.33. The molecule has 200 valence electrons. The minimum absolute atomic E-state index is 0.104. The van der Waals surface area contributed by atoms with E-state index < -0.39 is 0 Å². The van der Waals surface area contributed by atoms with Crippen LogP contribution in [0.25, 0.3) is 11.3 Å². The van der Waals surface area contributed by atoms with Gasteiger partial charge in [0.05, 0.1) is 18.2 Å². The molecule has 39 heavy (non-hydrogen) atoms. The first-order valence-corrected chi connectivity index (χ1v) is 12.5. The van der Waals surface area contributed by atoms with Gasteiger partial charge in [-0.1, -0.05) is 12.1 Å². The monoisotopic (exact) mass is 526 g/mol. The third-order valence-electron chi connectivity index (χ3n) is 6.82. The molecule has 1 saturated heterocycles. The molecule has 0 bridgehead atoms. The Balaban J connectivity index is 1.45. The van der Waals surface area contributed by atoms with Crippen LogP contribution in [0.1, 0.15) is 15.9 Å². The molecule has 1 N–H and O–H groups in total. The Bertz CT molecular complexity index is 1620. The molecule has 11 heteroatoms. The smallest absolute Gasteiger partial charge is 0.330 e. The van der Waals surface area contributed by atoms with E-state index in [4.69, 9.17) is 0 Å². The number of aryl methyl sites for hydroxylation is 2. The highest BCUT2D eigenvalue weighted by molar-refractivity contribution is 6.06. The number of hydrogen-bond acceptors (Lipinski definition) is 6. The van der Waals surface area contributed by atoms with Crippen LogP contribution in [0.4, 0.5) is 27.8 Å². The highest BCUT2D eigenvalue weighted by Crippen LogP contribution is 2.33. The maximum Gasteiger partial charge on any atom is 0.330 e. The van der Waals surface area contributed by atoms with Crippen molar-refractivity contribution in [3.8, 4) is 11.3 Å². The number of rotatable bonds is 6. The number of amides is 3. The molecular formula is C28H30N8O3. The van der Waals surface area contributed by atoms with Gasteiger partial charge in [0.25, 0.3) is 11.5 Å². The van der Waals surface area contributed by atoms with Crippen molar-refractivity contribution in [1.29, 1.82) is 0 Å². The molecule has 1 fully saturated rings. The molecule has 1 aliphatic rings. The van der Waals surface area contributed by atoms with Gasteiger partial charge in [0.15, 0.2) is 5.82 Å². The van der Waals surface area contributed by atoms with Gasteiger partial charge in [0.2, 0.25) is 0 Å². The van der Waals surface area contributed by atoms with Crippen molar-refractivity contribution in [3.63, 3.8) is 0 Å². The minimum atomic E-state index is -0.289. The van der Waals surface area contributed by atoms with E-state index >= 15 is 0 Å². The second kappa shape index (κ2) is 10.1. The third kappa shape index (κ3) is 4.74. The lowest BCUT2D eigenvalue weighted by molar-refractivity contribution is 0.0827. The lowest BCUT2D eigenvalue weighted by atomic mass is 10.0. The Morgan fingerprint density at radius 2 is 1.69 bits per heavy atom. The number of imidazole rings is 1. The number of aromatic nitrogens is 4. The van der Waals surface area contributed by atoms with Crippen LogP contribution in [-0.4, -0.2) is 63.1 Å². The number of carbonyl (C=O) groups excluding carboxylic acids is 2. The van der Waals surface area contributed by atoms with Crippen LogP contribution in [-0.2, 0) is 14.1 Å². The SMILES string of the molecule is Cc1c(-c2cn(C)c(=O)c(Nc3ccc(C(=O)N(C)C)cc3)n2)cccc1N1CCN(c2cncn2C)C1=O. The fraction of sp³-hybridized carbons (Fsp3) is 0.250. The molecule has 3 amide bonds. The van der Waals surface area contributed by atoms with E-state index in [2.05, 4.69) is 15.3 Å². The zero-order valence-corrected chi connectivity index (χ0v) is 22.5. The van der Waals surface area contributed by atoms with E-state index in [1.807, 2.05) is 36.7 Å². The quantitative estimate of drug-likeness (QED) is 0.413. The molecule has 5 rings (SSSR count). The molecule has 2 aromatic heterocycles. The number of hydrogen-bond donors (Lipinski definition) is 1. The molecule has 0 radical (unpaired) electrons. The molecule has 3 heterocycles. The first-order valence-electron chi connectivity index (χ1n) is 12.5. The van der Waals surface area contributed by atoms with Crippen LogP contribution in [0.5, 0.6) is 0 Å². The normalized spacial score (nSPS) is 13.2. The Morgan fingerprint density at radius 1 is 0.974 bits per heavy atom. The minimum Gasteiger partial charge on any atom is -0.345 e. The second-order valence-electron chi connectivity index (χ2n) is 9.69. The van der Waals surface area contributed by atoms with Crippen molar-refractivity contribution < 1.29 is 9.59 Å². The zero-order chi connectivity index (χ0) is 27.8. The average Bonchev–Trinajstić information content (AvgIpc) is 3.51. The van der Waals surface area contributed by atoms with Crippen molar-refractivity contribution in [3.05, 3.63) is 82.7 Å². The zero-order valence-electron chi connectivity index (χ0n) is 22.5. The lowest BCUT2D eigenvalue weighted by Crippen LogP contribution is -2.33. The highest BCUT2D eigenvalue weighted by atomic mass is 16.2. The predicted octanol–water partition coefficient (Wildman–Crippen LogP) is 3.38. The second-order valence-corrected chi connectivity index (χ2v) is 9.69.